The fourth-order valence-corrected chi connectivity index (χ4v) is 5.72. The first kappa shape index (κ1) is 28.9. The van der Waals surface area contributed by atoms with Crippen LogP contribution in [-0.2, 0) is 6.54 Å². The number of furan rings is 1. The quantitative estimate of drug-likeness (QED) is 0.261. The van der Waals surface area contributed by atoms with Crippen molar-refractivity contribution in [1.29, 1.82) is 0 Å². The van der Waals surface area contributed by atoms with E-state index in [0.29, 0.717) is 24.4 Å². The van der Waals surface area contributed by atoms with Crippen molar-refractivity contribution in [3.8, 4) is 11.5 Å². The largest absolute Gasteiger partial charge is 0.573 e. The summed E-state index contributed by atoms with van der Waals surface area (Å²) in [5, 5.41) is 3.96. The van der Waals surface area contributed by atoms with E-state index in [2.05, 4.69) is 24.8 Å². The molecule has 8 nitrogen and oxygen atoms in total. The standard InChI is InChI=1S/C32H33F3N4O4/c33-32(34,35)43-27-5-2-25(3-6-27)39-17-11-26(12-18-39)41-28-4-1-23-19-30(42-29(23)20-28)31(40)37-24-9-15-38(16-10-24)21-22-7-13-36-14-8-22/h1-8,13-14,19-20,24,26H,9-12,15-18,21H2,(H,37,40). The van der Waals surface area contributed by atoms with Gasteiger partial charge in [-0.1, -0.05) is 0 Å². The number of ether oxygens (including phenoxy) is 2. The highest BCUT2D eigenvalue weighted by Crippen LogP contribution is 2.30. The predicted octanol–water partition coefficient (Wildman–Crippen LogP) is 6.17. The van der Waals surface area contributed by atoms with Gasteiger partial charge in [0.1, 0.15) is 23.2 Å². The van der Waals surface area contributed by atoms with Crippen LogP contribution >= 0.6 is 0 Å². The van der Waals surface area contributed by atoms with Crippen LogP contribution in [-0.4, -0.2) is 60.5 Å². The number of piperidine rings is 2. The Bertz CT molecular complexity index is 1510. The molecule has 0 bridgehead atoms. The highest BCUT2D eigenvalue weighted by Gasteiger charge is 2.31. The number of benzene rings is 2. The Morgan fingerprint density at radius 1 is 0.907 bits per heavy atom. The molecule has 2 fully saturated rings. The van der Waals surface area contributed by atoms with Gasteiger partial charge in [0.25, 0.3) is 5.91 Å². The summed E-state index contributed by atoms with van der Waals surface area (Å²) in [6, 6.07) is 17.4. The smallest absolute Gasteiger partial charge is 0.490 e. The summed E-state index contributed by atoms with van der Waals surface area (Å²) in [5.74, 6) is 0.506. The lowest BCUT2D eigenvalue weighted by Crippen LogP contribution is -2.44. The molecule has 0 radical (unpaired) electrons. The number of anilines is 1. The molecule has 2 aliphatic rings. The monoisotopic (exact) mass is 594 g/mol. The highest BCUT2D eigenvalue weighted by molar-refractivity contribution is 5.96. The molecule has 0 spiro atoms. The molecule has 4 aromatic rings. The second-order valence-corrected chi connectivity index (χ2v) is 11.0. The Morgan fingerprint density at radius 2 is 1.60 bits per heavy atom. The number of likely N-dealkylation sites (tertiary alicyclic amines) is 1. The molecule has 0 aliphatic carbocycles. The van der Waals surface area contributed by atoms with Gasteiger partial charge in [0, 0.05) is 81.1 Å². The van der Waals surface area contributed by atoms with Gasteiger partial charge in [0.15, 0.2) is 5.76 Å². The van der Waals surface area contributed by atoms with Crippen molar-refractivity contribution in [2.75, 3.05) is 31.1 Å². The van der Waals surface area contributed by atoms with Gasteiger partial charge in [-0.05, 0) is 73.0 Å². The summed E-state index contributed by atoms with van der Waals surface area (Å²) in [6.45, 7) is 4.13. The molecule has 11 heteroatoms. The summed E-state index contributed by atoms with van der Waals surface area (Å²) in [6.07, 6.45) is 2.17. The molecule has 4 heterocycles. The maximum Gasteiger partial charge on any atom is 0.573 e. The van der Waals surface area contributed by atoms with E-state index in [4.69, 9.17) is 9.15 Å². The maximum absolute atomic E-state index is 13.0. The molecule has 6 rings (SSSR count). The van der Waals surface area contributed by atoms with E-state index in [1.807, 2.05) is 42.7 Å². The predicted molar refractivity (Wildman–Crippen MR) is 155 cm³/mol. The number of nitrogens with zero attached hydrogens (tertiary/aromatic N) is 3. The summed E-state index contributed by atoms with van der Waals surface area (Å²) in [5.41, 5.74) is 2.67. The Hall–Kier alpha value is -4.25. The zero-order chi connectivity index (χ0) is 29.8. The van der Waals surface area contributed by atoms with Gasteiger partial charge in [-0.25, -0.2) is 0 Å². The van der Waals surface area contributed by atoms with E-state index in [-0.39, 0.29) is 29.6 Å². The maximum atomic E-state index is 13.0. The van der Waals surface area contributed by atoms with E-state index in [0.717, 1.165) is 56.4 Å². The first-order chi connectivity index (χ1) is 20.8. The molecule has 2 aromatic heterocycles. The van der Waals surface area contributed by atoms with Gasteiger partial charge in [0.05, 0.1) is 0 Å². The number of amides is 1. The van der Waals surface area contributed by atoms with Gasteiger partial charge < -0.3 is 24.1 Å². The van der Waals surface area contributed by atoms with Gasteiger partial charge in [-0.15, -0.1) is 13.2 Å². The van der Waals surface area contributed by atoms with Crippen LogP contribution in [0.25, 0.3) is 11.0 Å². The Balaban J connectivity index is 0.978. The molecule has 1 amide bonds. The first-order valence-corrected chi connectivity index (χ1v) is 14.5. The lowest BCUT2D eigenvalue weighted by atomic mass is 10.0. The van der Waals surface area contributed by atoms with Crippen molar-refractivity contribution in [2.45, 2.75) is 50.7 Å². The highest BCUT2D eigenvalue weighted by atomic mass is 19.4. The summed E-state index contributed by atoms with van der Waals surface area (Å²) in [7, 11) is 0. The van der Waals surface area contributed by atoms with E-state index < -0.39 is 6.36 Å². The zero-order valence-corrected chi connectivity index (χ0v) is 23.6. The molecule has 1 N–H and O–H groups in total. The number of carbonyl (C=O) groups excluding carboxylic acids is 1. The number of carbonyl (C=O) groups is 1. The SMILES string of the molecule is O=C(NC1CCN(Cc2ccncc2)CC1)c1cc2ccc(OC3CCN(c4ccc(OC(F)(F)F)cc4)CC3)cc2o1. The third kappa shape index (κ3) is 7.59. The van der Waals surface area contributed by atoms with E-state index >= 15 is 0 Å². The summed E-state index contributed by atoms with van der Waals surface area (Å²) < 4.78 is 53.4. The summed E-state index contributed by atoms with van der Waals surface area (Å²) >= 11 is 0. The Labute approximate surface area is 247 Å². The van der Waals surface area contributed by atoms with E-state index in [9.17, 15) is 18.0 Å². The molecule has 2 saturated heterocycles. The minimum Gasteiger partial charge on any atom is -0.490 e. The molecule has 0 atom stereocenters. The van der Waals surface area contributed by atoms with Crippen LogP contribution in [0.3, 0.4) is 0 Å². The van der Waals surface area contributed by atoms with Crippen LogP contribution in [0, 0.1) is 0 Å². The van der Waals surface area contributed by atoms with Crippen molar-refractivity contribution in [2.24, 2.45) is 0 Å². The number of hydrogen-bond donors (Lipinski definition) is 1. The molecular formula is C32H33F3N4O4. The van der Waals surface area contributed by atoms with E-state index in [1.165, 1.54) is 17.7 Å². The minimum absolute atomic E-state index is 0.0105. The van der Waals surface area contributed by atoms with Gasteiger partial charge >= 0.3 is 6.36 Å². The van der Waals surface area contributed by atoms with Gasteiger partial charge in [-0.3, -0.25) is 14.7 Å². The fraction of sp³-hybridized carbons (Fsp3) is 0.375. The third-order valence-corrected chi connectivity index (χ3v) is 7.97. The third-order valence-electron chi connectivity index (χ3n) is 7.97. The van der Waals surface area contributed by atoms with Crippen molar-refractivity contribution in [1.82, 2.24) is 15.2 Å². The number of pyridine rings is 1. The molecule has 43 heavy (non-hydrogen) atoms. The fourth-order valence-electron chi connectivity index (χ4n) is 5.72. The van der Waals surface area contributed by atoms with Crippen LogP contribution in [0.2, 0.25) is 0 Å². The van der Waals surface area contributed by atoms with Gasteiger partial charge in [-0.2, -0.15) is 0 Å². The second-order valence-electron chi connectivity index (χ2n) is 11.0. The number of aromatic nitrogens is 1. The summed E-state index contributed by atoms with van der Waals surface area (Å²) in [4.78, 5) is 21.5. The van der Waals surface area contributed by atoms with Crippen LogP contribution in [0.4, 0.5) is 18.9 Å². The van der Waals surface area contributed by atoms with Crippen LogP contribution in [0.15, 0.2) is 77.5 Å². The van der Waals surface area contributed by atoms with Crippen LogP contribution in [0.1, 0.15) is 41.8 Å². The number of rotatable bonds is 8. The average molecular weight is 595 g/mol. The Morgan fingerprint density at radius 3 is 2.30 bits per heavy atom. The normalized spacial score (nSPS) is 17.2. The van der Waals surface area contributed by atoms with Gasteiger partial charge in [0.2, 0.25) is 0 Å². The number of hydrogen-bond acceptors (Lipinski definition) is 7. The molecule has 2 aromatic carbocycles. The van der Waals surface area contributed by atoms with Crippen molar-refractivity contribution >= 4 is 22.6 Å². The topological polar surface area (TPSA) is 80.1 Å². The average Bonchev–Trinajstić information content (AvgIpc) is 3.43. The lowest BCUT2D eigenvalue weighted by molar-refractivity contribution is -0.274. The molecular weight excluding hydrogens is 561 g/mol. The number of fused-ring (bicyclic) bond motifs is 1. The Kier molecular flexibility index (Phi) is 8.42. The molecule has 0 saturated carbocycles. The first-order valence-electron chi connectivity index (χ1n) is 14.5. The molecule has 2 aliphatic heterocycles. The van der Waals surface area contributed by atoms with Crippen molar-refractivity contribution in [3.05, 3.63) is 84.4 Å². The molecule has 226 valence electrons. The molecule has 0 unspecified atom stereocenters. The van der Waals surface area contributed by atoms with Crippen LogP contribution < -0.4 is 19.7 Å². The number of halogens is 3. The number of alkyl halides is 3. The van der Waals surface area contributed by atoms with Crippen molar-refractivity contribution < 1.29 is 31.9 Å². The number of nitrogens with one attached hydrogen (secondary N) is 1. The lowest BCUT2D eigenvalue weighted by Gasteiger charge is -2.33. The van der Waals surface area contributed by atoms with E-state index in [1.54, 1.807) is 18.2 Å². The van der Waals surface area contributed by atoms with Crippen LogP contribution in [0.5, 0.6) is 11.5 Å². The van der Waals surface area contributed by atoms with Crippen molar-refractivity contribution in [3.63, 3.8) is 0 Å². The zero-order valence-electron chi connectivity index (χ0n) is 23.6. The second kappa shape index (κ2) is 12.5. The minimum atomic E-state index is -4.70.